The number of nitrogens with zero attached hydrogens (tertiary/aromatic N) is 5. The molecular weight excluding hydrogens is 450 g/mol. The Kier molecular flexibility index (Phi) is 8.67. The summed E-state index contributed by atoms with van der Waals surface area (Å²) in [4.78, 5) is 26.8. The molecule has 11 nitrogen and oxygen atoms in total. The summed E-state index contributed by atoms with van der Waals surface area (Å²) < 4.78 is 52.9. The predicted molar refractivity (Wildman–Crippen MR) is 107 cm³/mol. The molecule has 1 unspecified atom stereocenters. The zero-order valence-electron chi connectivity index (χ0n) is 17.5. The number of carbonyl (C=O) groups excluding carboxylic acids is 2. The van der Waals surface area contributed by atoms with Gasteiger partial charge in [0.1, 0.15) is 17.6 Å². The summed E-state index contributed by atoms with van der Waals surface area (Å²) in [5.74, 6) is 4.48. The van der Waals surface area contributed by atoms with Crippen molar-refractivity contribution in [3.63, 3.8) is 0 Å². The molecule has 2 rings (SSSR count). The average molecular weight is 473 g/mol. The number of hydrogen-bond acceptors (Lipinski definition) is 8. The molecule has 0 aliphatic carbocycles. The van der Waals surface area contributed by atoms with E-state index < -0.39 is 29.9 Å². The van der Waals surface area contributed by atoms with E-state index in [0.717, 1.165) is 22.0 Å². The highest BCUT2D eigenvalue weighted by Crippen LogP contribution is 2.27. The summed E-state index contributed by atoms with van der Waals surface area (Å²) in [7, 11) is 1.40. The van der Waals surface area contributed by atoms with Crippen molar-refractivity contribution in [3.8, 4) is 0 Å². The topological polar surface area (TPSA) is 157 Å². The number of rotatable bonds is 10. The number of carbonyl (C=O) groups is 2. The first-order valence-electron chi connectivity index (χ1n) is 9.54. The molecule has 0 radical (unpaired) electrons. The fraction of sp³-hybridized carbons (Fsp3) is 0.389. The number of amides is 2. The summed E-state index contributed by atoms with van der Waals surface area (Å²) in [5.41, 5.74) is 4.59. The van der Waals surface area contributed by atoms with Gasteiger partial charge in [-0.05, 0) is 18.1 Å². The van der Waals surface area contributed by atoms with Gasteiger partial charge in [-0.2, -0.15) is 13.2 Å². The third-order valence-electron chi connectivity index (χ3n) is 4.22. The van der Waals surface area contributed by atoms with Gasteiger partial charge in [-0.25, -0.2) is 14.9 Å². The van der Waals surface area contributed by atoms with Gasteiger partial charge in [0.15, 0.2) is 5.69 Å². The van der Waals surface area contributed by atoms with Gasteiger partial charge in [-0.3, -0.25) is 14.6 Å². The number of pyridine rings is 1. The number of alkyl halides is 4. The second kappa shape index (κ2) is 11.2. The minimum absolute atomic E-state index is 0.0175. The maximum Gasteiger partial charge on any atom is 0.433 e. The Hall–Kier alpha value is -3.75. The molecule has 0 aromatic carbocycles. The van der Waals surface area contributed by atoms with Crippen LogP contribution in [-0.2, 0) is 24.1 Å². The molecule has 0 bridgehead atoms. The van der Waals surface area contributed by atoms with Crippen LogP contribution < -0.4 is 22.2 Å². The van der Waals surface area contributed by atoms with Crippen molar-refractivity contribution in [1.82, 2.24) is 35.6 Å². The van der Waals surface area contributed by atoms with Gasteiger partial charge in [0, 0.05) is 32.5 Å². The molecule has 0 saturated carbocycles. The second-order valence-electron chi connectivity index (χ2n) is 6.85. The highest BCUT2D eigenvalue weighted by atomic mass is 19.4. The van der Waals surface area contributed by atoms with E-state index in [4.69, 9.17) is 11.6 Å². The van der Waals surface area contributed by atoms with Crippen LogP contribution in [0.25, 0.3) is 0 Å². The second-order valence-corrected chi connectivity index (χ2v) is 6.85. The summed E-state index contributed by atoms with van der Waals surface area (Å²) in [6.07, 6.45) is -2.54. The van der Waals surface area contributed by atoms with E-state index in [1.165, 1.54) is 25.5 Å². The van der Waals surface area contributed by atoms with Crippen LogP contribution >= 0.6 is 0 Å². The Morgan fingerprint density at radius 1 is 1.33 bits per heavy atom. The Balaban J connectivity index is 1.81. The van der Waals surface area contributed by atoms with Crippen molar-refractivity contribution in [2.24, 2.45) is 11.6 Å². The number of nitrogens with one attached hydrogen (secondary N) is 2. The molecule has 2 aromatic heterocycles. The van der Waals surface area contributed by atoms with Gasteiger partial charge < -0.3 is 21.4 Å². The van der Waals surface area contributed by atoms with Gasteiger partial charge in [0.05, 0.1) is 12.7 Å². The number of aromatic nitrogens is 4. The van der Waals surface area contributed by atoms with Crippen molar-refractivity contribution >= 4 is 11.8 Å². The van der Waals surface area contributed by atoms with Gasteiger partial charge in [-0.1, -0.05) is 11.3 Å². The fourth-order valence-corrected chi connectivity index (χ4v) is 2.49. The zero-order valence-corrected chi connectivity index (χ0v) is 17.5. The Labute approximate surface area is 185 Å². The number of nitrogens with two attached hydrogens (primary N) is 2. The van der Waals surface area contributed by atoms with Crippen LogP contribution in [0.4, 0.5) is 17.6 Å². The van der Waals surface area contributed by atoms with Crippen molar-refractivity contribution < 1.29 is 27.2 Å². The molecule has 0 saturated heterocycles. The summed E-state index contributed by atoms with van der Waals surface area (Å²) in [6, 6.07) is 2.00. The summed E-state index contributed by atoms with van der Waals surface area (Å²) in [6.45, 7) is -0.227. The van der Waals surface area contributed by atoms with E-state index in [9.17, 15) is 27.2 Å². The predicted octanol–water partition coefficient (Wildman–Crippen LogP) is 0.0719. The van der Waals surface area contributed by atoms with Crippen LogP contribution in [0, 0.1) is 0 Å². The molecule has 180 valence electrons. The lowest BCUT2D eigenvalue weighted by molar-refractivity contribution is -0.141. The summed E-state index contributed by atoms with van der Waals surface area (Å²) >= 11 is 0. The Bertz CT molecular complexity index is 976. The molecule has 0 fully saturated rings. The van der Waals surface area contributed by atoms with E-state index >= 15 is 0 Å². The van der Waals surface area contributed by atoms with Gasteiger partial charge in [-0.15, -0.1) is 5.10 Å². The number of halogens is 4. The lowest BCUT2D eigenvalue weighted by Gasteiger charge is -2.16. The molecule has 0 aliphatic rings. The van der Waals surface area contributed by atoms with E-state index in [1.807, 2.05) is 0 Å². The van der Waals surface area contributed by atoms with Crippen LogP contribution in [0.1, 0.15) is 28.2 Å². The largest absolute Gasteiger partial charge is 0.433 e. The van der Waals surface area contributed by atoms with Crippen molar-refractivity contribution in [2.75, 3.05) is 13.6 Å². The third-order valence-corrected chi connectivity index (χ3v) is 4.22. The molecule has 2 aromatic rings. The SMILES string of the molecule is CNC(=O)/C(N)=C/N(N)CCC(F)Cn1cc(C(=O)NCc2ccc(C(F)(F)F)nc2)nn1. The van der Waals surface area contributed by atoms with Crippen molar-refractivity contribution in [1.29, 1.82) is 0 Å². The number of likely N-dealkylation sites (N-methyl/N-ethyl adjacent to an activating group) is 1. The van der Waals surface area contributed by atoms with E-state index in [1.54, 1.807) is 0 Å². The minimum Gasteiger partial charge on any atom is -0.393 e. The monoisotopic (exact) mass is 473 g/mol. The lowest BCUT2D eigenvalue weighted by Crippen LogP contribution is -2.33. The lowest BCUT2D eigenvalue weighted by atomic mass is 10.2. The number of hydrogen-bond donors (Lipinski definition) is 4. The van der Waals surface area contributed by atoms with Gasteiger partial charge >= 0.3 is 6.18 Å². The van der Waals surface area contributed by atoms with Crippen LogP contribution in [0.5, 0.6) is 0 Å². The summed E-state index contributed by atoms with van der Waals surface area (Å²) in [5, 5.41) is 13.2. The molecule has 1 atom stereocenters. The maximum absolute atomic E-state index is 14.2. The van der Waals surface area contributed by atoms with E-state index in [-0.39, 0.29) is 37.4 Å². The first-order valence-corrected chi connectivity index (χ1v) is 9.54. The maximum atomic E-state index is 14.2. The highest BCUT2D eigenvalue weighted by Gasteiger charge is 2.32. The Morgan fingerprint density at radius 3 is 2.67 bits per heavy atom. The van der Waals surface area contributed by atoms with Gasteiger partial charge in [0.25, 0.3) is 11.8 Å². The zero-order chi connectivity index (χ0) is 24.6. The molecule has 0 aliphatic heterocycles. The van der Waals surface area contributed by atoms with E-state index in [2.05, 4.69) is 25.9 Å². The molecule has 0 spiro atoms. The smallest absolute Gasteiger partial charge is 0.393 e. The average Bonchev–Trinajstić information content (AvgIpc) is 3.23. The first kappa shape index (κ1) is 25.5. The molecule has 6 N–H and O–H groups in total. The third kappa shape index (κ3) is 8.03. The fourth-order valence-electron chi connectivity index (χ4n) is 2.49. The van der Waals surface area contributed by atoms with Crippen molar-refractivity contribution in [3.05, 3.63) is 53.4 Å². The Morgan fingerprint density at radius 2 is 2.06 bits per heavy atom. The molecular formula is C18H23F4N9O2. The molecule has 15 heteroatoms. The quantitative estimate of drug-likeness (QED) is 0.163. The normalized spacial score (nSPS) is 12.8. The van der Waals surface area contributed by atoms with Crippen LogP contribution in [0.3, 0.4) is 0 Å². The molecule has 2 amide bonds. The minimum atomic E-state index is -4.55. The highest BCUT2D eigenvalue weighted by molar-refractivity contribution is 5.92. The van der Waals surface area contributed by atoms with Crippen LogP contribution in [-0.4, -0.2) is 56.6 Å². The van der Waals surface area contributed by atoms with Gasteiger partial charge in [0.2, 0.25) is 0 Å². The van der Waals surface area contributed by atoms with Crippen molar-refractivity contribution in [2.45, 2.75) is 31.9 Å². The molecule has 2 heterocycles. The van der Waals surface area contributed by atoms with E-state index in [0.29, 0.717) is 5.56 Å². The number of hydrazine groups is 1. The first-order chi connectivity index (χ1) is 15.5. The van der Waals surface area contributed by atoms with Crippen LogP contribution in [0.15, 0.2) is 36.4 Å². The standard InChI is InChI=1S/C18H23F4N9O2/c1-25-16(32)13(23)9-30(24)5-4-12(19)8-31-10-14(28-29-31)17(33)27-7-11-2-3-15(26-6-11)18(20,21)22/h2-3,6,9-10,12H,4-5,7-8,23-24H2,1H3,(H,25,32)(H,27,33)/b13-9-. The van der Waals surface area contributed by atoms with Crippen LogP contribution in [0.2, 0.25) is 0 Å². The molecule has 33 heavy (non-hydrogen) atoms.